The highest BCUT2D eigenvalue weighted by Crippen LogP contribution is 2.25. The molecule has 2 heterocycles. The van der Waals surface area contributed by atoms with Crippen molar-refractivity contribution >= 4 is 28.9 Å². The molecule has 1 aliphatic rings. The van der Waals surface area contributed by atoms with Crippen LogP contribution in [0.1, 0.15) is 34.8 Å². The number of halogens is 1. The fourth-order valence-electron chi connectivity index (χ4n) is 3.78. The lowest BCUT2D eigenvalue weighted by molar-refractivity contribution is 0.112. The number of aromatic amines is 1. The van der Waals surface area contributed by atoms with E-state index in [1.54, 1.807) is 0 Å². The molecule has 0 saturated carbocycles. The predicted molar refractivity (Wildman–Crippen MR) is 123 cm³/mol. The van der Waals surface area contributed by atoms with E-state index in [2.05, 4.69) is 15.2 Å². The van der Waals surface area contributed by atoms with Gasteiger partial charge in [-0.1, -0.05) is 41.4 Å². The number of benzene rings is 2. The molecule has 0 radical (unpaired) electrons. The van der Waals surface area contributed by atoms with Crippen LogP contribution in [0.15, 0.2) is 47.3 Å². The Kier molecular flexibility index (Phi) is 7.85. The van der Waals surface area contributed by atoms with E-state index < -0.39 is 0 Å². The van der Waals surface area contributed by atoms with Crippen LogP contribution in [-0.2, 0) is 0 Å². The first-order valence-corrected chi connectivity index (χ1v) is 10.7. The standard InChI is InChI=1S/C15H21ClN4O.C8H8O/c1-17-6-9-19-7-4-12(5-8-19)20-14-3-2-11(16)10-13(14)18-15(20)21;1-7-2-4-8(6-9)5-3-7/h2-3,10,12,17H,4-9H2,1H3,(H,18,21);2-6H,1H3. The molecule has 30 heavy (non-hydrogen) atoms. The second-order valence-corrected chi connectivity index (χ2v) is 8.10. The maximum atomic E-state index is 12.2. The molecule has 1 fully saturated rings. The van der Waals surface area contributed by atoms with E-state index in [1.165, 1.54) is 5.56 Å². The second kappa shape index (κ2) is 10.6. The van der Waals surface area contributed by atoms with Gasteiger partial charge in [0.2, 0.25) is 0 Å². The van der Waals surface area contributed by atoms with Crippen LogP contribution < -0.4 is 11.0 Å². The molecule has 0 amide bonds. The first kappa shape index (κ1) is 22.3. The van der Waals surface area contributed by atoms with Gasteiger partial charge in [0.05, 0.1) is 11.0 Å². The Hall–Kier alpha value is -2.41. The summed E-state index contributed by atoms with van der Waals surface area (Å²) >= 11 is 5.99. The van der Waals surface area contributed by atoms with E-state index in [1.807, 2.05) is 61.0 Å². The Morgan fingerprint density at radius 3 is 2.50 bits per heavy atom. The third-order valence-corrected chi connectivity index (χ3v) is 5.73. The molecule has 0 atom stereocenters. The summed E-state index contributed by atoms with van der Waals surface area (Å²) < 4.78 is 1.90. The number of carbonyl (C=O) groups is 1. The minimum atomic E-state index is -0.0269. The lowest BCUT2D eigenvalue weighted by Gasteiger charge is -2.32. The van der Waals surface area contributed by atoms with Gasteiger partial charge in [0.15, 0.2) is 0 Å². The van der Waals surface area contributed by atoms with Crippen molar-refractivity contribution in [2.75, 3.05) is 33.2 Å². The third kappa shape index (κ3) is 5.59. The van der Waals surface area contributed by atoms with E-state index in [0.29, 0.717) is 5.02 Å². The van der Waals surface area contributed by atoms with E-state index in [9.17, 15) is 9.59 Å². The number of imidazole rings is 1. The lowest BCUT2D eigenvalue weighted by atomic mass is 10.0. The summed E-state index contributed by atoms with van der Waals surface area (Å²) in [4.78, 5) is 27.7. The molecule has 0 unspecified atom stereocenters. The maximum absolute atomic E-state index is 12.2. The van der Waals surface area contributed by atoms with Crippen molar-refractivity contribution in [1.29, 1.82) is 0 Å². The van der Waals surface area contributed by atoms with Crippen molar-refractivity contribution in [3.05, 3.63) is 69.1 Å². The number of nitrogens with one attached hydrogen (secondary N) is 2. The van der Waals surface area contributed by atoms with Crippen molar-refractivity contribution in [3.63, 3.8) is 0 Å². The summed E-state index contributed by atoms with van der Waals surface area (Å²) in [6.07, 6.45) is 2.87. The fraction of sp³-hybridized carbons (Fsp3) is 0.391. The average molecular weight is 429 g/mol. The van der Waals surface area contributed by atoms with E-state index in [4.69, 9.17) is 11.6 Å². The molecule has 3 aromatic rings. The summed E-state index contributed by atoms with van der Waals surface area (Å²) in [6, 6.07) is 13.3. The van der Waals surface area contributed by atoms with Gasteiger partial charge in [0, 0.05) is 42.8 Å². The Bertz CT molecular complexity index is 1020. The van der Waals surface area contributed by atoms with E-state index in [-0.39, 0.29) is 11.7 Å². The number of aldehydes is 1. The molecule has 0 spiro atoms. The monoisotopic (exact) mass is 428 g/mol. The maximum Gasteiger partial charge on any atom is 0.326 e. The Labute approximate surface area is 181 Å². The van der Waals surface area contributed by atoms with Crippen molar-refractivity contribution in [1.82, 2.24) is 19.8 Å². The van der Waals surface area contributed by atoms with Gasteiger partial charge < -0.3 is 15.2 Å². The molecule has 7 heteroatoms. The van der Waals surface area contributed by atoms with Crippen LogP contribution in [0.3, 0.4) is 0 Å². The van der Waals surface area contributed by atoms with E-state index in [0.717, 1.165) is 61.9 Å². The van der Waals surface area contributed by atoms with Crippen molar-refractivity contribution in [3.8, 4) is 0 Å². The number of H-pyrrole nitrogens is 1. The van der Waals surface area contributed by atoms with Gasteiger partial charge in [-0.25, -0.2) is 4.79 Å². The summed E-state index contributed by atoms with van der Waals surface area (Å²) in [5.41, 5.74) is 3.67. The number of aryl methyl sites for hydroxylation is 1. The summed E-state index contributed by atoms with van der Waals surface area (Å²) in [5.74, 6) is 0. The smallest absolute Gasteiger partial charge is 0.318 e. The molecule has 4 rings (SSSR count). The van der Waals surface area contributed by atoms with Crippen LogP contribution in [0.2, 0.25) is 5.02 Å². The summed E-state index contributed by atoms with van der Waals surface area (Å²) in [7, 11) is 1.98. The number of likely N-dealkylation sites (N-methyl/N-ethyl adjacent to an activating group) is 1. The minimum Gasteiger partial charge on any atom is -0.318 e. The topological polar surface area (TPSA) is 70.1 Å². The van der Waals surface area contributed by atoms with Crippen LogP contribution in [0.5, 0.6) is 0 Å². The van der Waals surface area contributed by atoms with Crippen LogP contribution in [0.4, 0.5) is 0 Å². The molecule has 1 aliphatic heterocycles. The highest BCUT2D eigenvalue weighted by Gasteiger charge is 2.23. The molecular formula is C23H29ClN4O2. The zero-order chi connectivity index (χ0) is 21.5. The van der Waals surface area contributed by atoms with Crippen molar-refractivity contribution in [2.45, 2.75) is 25.8 Å². The number of piperidine rings is 1. The first-order chi connectivity index (χ1) is 14.5. The zero-order valence-electron chi connectivity index (χ0n) is 17.5. The molecule has 1 aromatic heterocycles. The number of hydrogen-bond acceptors (Lipinski definition) is 4. The summed E-state index contributed by atoms with van der Waals surface area (Å²) in [5, 5.41) is 3.83. The highest BCUT2D eigenvalue weighted by molar-refractivity contribution is 6.31. The third-order valence-electron chi connectivity index (χ3n) is 5.49. The van der Waals surface area contributed by atoms with E-state index >= 15 is 0 Å². The van der Waals surface area contributed by atoms with Crippen LogP contribution in [0.25, 0.3) is 11.0 Å². The molecule has 6 nitrogen and oxygen atoms in total. The molecule has 2 aromatic carbocycles. The van der Waals surface area contributed by atoms with Crippen LogP contribution >= 0.6 is 11.6 Å². The first-order valence-electron chi connectivity index (χ1n) is 10.3. The van der Waals surface area contributed by atoms with Crippen molar-refractivity contribution in [2.24, 2.45) is 0 Å². The van der Waals surface area contributed by atoms with Gasteiger partial charge >= 0.3 is 5.69 Å². The number of nitrogens with zero attached hydrogens (tertiary/aromatic N) is 2. The zero-order valence-corrected chi connectivity index (χ0v) is 18.3. The van der Waals surface area contributed by atoms with Gasteiger partial charge in [-0.05, 0) is 45.0 Å². The van der Waals surface area contributed by atoms with Gasteiger partial charge in [-0.3, -0.25) is 9.36 Å². The molecule has 1 saturated heterocycles. The number of likely N-dealkylation sites (tertiary alicyclic amines) is 1. The summed E-state index contributed by atoms with van der Waals surface area (Å²) in [6.45, 7) is 6.16. The van der Waals surface area contributed by atoms with Gasteiger partial charge in [-0.2, -0.15) is 0 Å². The Balaban J connectivity index is 0.000000239. The fourth-order valence-corrected chi connectivity index (χ4v) is 3.95. The molecule has 0 aliphatic carbocycles. The molecular weight excluding hydrogens is 400 g/mol. The Morgan fingerprint density at radius 1 is 1.17 bits per heavy atom. The highest BCUT2D eigenvalue weighted by atomic mass is 35.5. The molecule has 2 N–H and O–H groups in total. The quantitative estimate of drug-likeness (QED) is 0.608. The normalized spacial score (nSPS) is 15.0. The van der Waals surface area contributed by atoms with Crippen molar-refractivity contribution < 1.29 is 4.79 Å². The number of aromatic nitrogens is 2. The number of hydrogen-bond donors (Lipinski definition) is 2. The lowest BCUT2D eigenvalue weighted by Crippen LogP contribution is -2.39. The predicted octanol–water partition coefficient (Wildman–Crippen LogP) is 3.65. The van der Waals surface area contributed by atoms with Crippen LogP contribution in [-0.4, -0.2) is 54.0 Å². The molecule has 160 valence electrons. The SMILES string of the molecule is CNCCN1CCC(n2c(=O)[nH]c3cc(Cl)ccc32)CC1.Cc1ccc(C=O)cc1. The van der Waals surface area contributed by atoms with Gasteiger partial charge in [0.25, 0.3) is 0 Å². The number of fused-ring (bicyclic) bond motifs is 1. The minimum absolute atomic E-state index is 0.0269. The van der Waals surface area contributed by atoms with Crippen LogP contribution in [0, 0.1) is 6.92 Å². The average Bonchev–Trinajstić information content (AvgIpc) is 3.08. The molecule has 0 bridgehead atoms. The number of carbonyl (C=O) groups excluding carboxylic acids is 1. The Morgan fingerprint density at radius 2 is 1.87 bits per heavy atom. The van der Waals surface area contributed by atoms with Gasteiger partial charge in [0.1, 0.15) is 6.29 Å². The van der Waals surface area contributed by atoms with Gasteiger partial charge in [-0.15, -0.1) is 0 Å². The largest absolute Gasteiger partial charge is 0.326 e. The second-order valence-electron chi connectivity index (χ2n) is 7.67. The number of rotatable bonds is 5.